The van der Waals surface area contributed by atoms with Gasteiger partial charge in [0.1, 0.15) is 0 Å². The van der Waals surface area contributed by atoms with E-state index in [0.29, 0.717) is 0 Å². The first-order valence-electron chi connectivity index (χ1n) is 8.35. The summed E-state index contributed by atoms with van der Waals surface area (Å²) < 4.78 is 0. The first kappa shape index (κ1) is 15.8. The van der Waals surface area contributed by atoms with Gasteiger partial charge in [-0.05, 0) is 58.7 Å². The van der Waals surface area contributed by atoms with Gasteiger partial charge in [0.15, 0.2) is 0 Å². The van der Waals surface area contributed by atoms with Gasteiger partial charge in [0.25, 0.3) is 0 Å². The average molecular weight is 281 g/mol. The minimum absolute atomic E-state index is 0.149. The van der Waals surface area contributed by atoms with Crippen LogP contribution in [0.2, 0.25) is 0 Å². The second-order valence-corrected chi connectivity index (χ2v) is 6.80. The van der Waals surface area contributed by atoms with Crippen LogP contribution in [0.1, 0.15) is 52.4 Å². The van der Waals surface area contributed by atoms with Crippen molar-refractivity contribution in [2.45, 2.75) is 58.4 Å². The molecule has 2 N–H and O–H groups in total. The van der Waals surface area contributed by atoms with Gasteiger partial charge in [0.2, 0.25) is 5.91 Å². The lowest BCUT2D eigenvalue weighted by Crippen LogP contribution is -2.46. The number of nitrogens with one attached hydrogen (secondary N) is 2. The summed E-state index contributed by atoms with van der Waals surface area (Å²) in [6.07, 6.45) is 7.04. The van der Waals surface area contributed by atoms with Crippen molar-refractivity contribution in [3.63, 3.8) is 0 Å². The summed E-state index contributed by atoms with van der Waals surface area (Å²) in [6, 6.07) is 0.724. The smallest absolute Gasteiger partial charge is 0.226 e. The highest BCUT2D eigenvalue weighted by Crippen LogP contribution is 2.27. The molecule has 1 atom stereocenters. The normalized spacial score (nSPS) is 27.2. The van der Waals surface area contributed by atoms with Gasteiger partial charge in [0, 0.05) is 24.5 Å². The number of carbonyl (C=O) groups is 1. The van der Waals surface area contributed by atoms with Crippen LogP contribution in [0.25, 0.3) is 0 Å². The lowest BCUT2D eigenvalue weighted by Gasteiger charge is -2.34. The quantitative estimate of drug-likeness (QED) is 0.755. The Labute approximate surface area is 123 Å². The second-order valence-electron chi connectivity index (χ2n) is 6.80. The van der Waals surface area contributed by atoms with Crippen LogP contribution < -0.4 is 10.6 Å². The maximum absolute atomic E-state index is 12.3. The fourth-order valence-electron chi connectivity index (χ4n) is 3.39. The van der Waals surface area contributed by atoms with Gasteiger partial charge in [-0.2, -0.15) is 0 Å². The topological polar surface area (TPSA) is 44.4 Å². The van der Waals surface area contributed by atoms with E-state index in [0.717, 1.165) is 51.5 Å². The van der Waals surface area contributed by atoms with Gasteiger partial charge >= 0.3 is 0 Å². The van der Waals surface area contributed by atoms with Crippen molar-refractivity contribution in [1.82, 2.24) is 15.5 Å². The fraction of sp³-hybridized carbons (Fsp3) is 0.938. The first-order chi connectivity index (χ1) is 9.62. The molecule has 1 amide bonds. The van der Waals surface area contributed by atoms with Crippen LogP contribution in [0.4, 0.5) is 0 Å². The lowest BCUT2D eigenvalue weighted by atomic mass is 9.80. The summed E-state index contributed by atoms with van der Waals surface area (Å²) in [5.41, 5.74) is -0.149. The summed E-state index contributed by atoms with van der Waals surface area (Å²) in [5.74, 6) is 0.255. The number of amides is 1. The summed E-state index contributed by atoms with van der Waals surface area (Å²) in [4.78, 5) is 14.9. The van der Waals surface area contributed by atoms with Gasteiger partial charge < -0.3 is 15.5 Å². The highest BCUT2D eigenvalue weighted by molar-refractivity contribution is 5.82. The summed E-state index contributed by atoms with van der Waals surface area (Å²) >= 11 is 0. The van der Waals surface area contributed by atoms with Crippen molar-refractivity contribution in [2.75, 3.05) is 32.7 Å². The predicted molar refractivity (Wildman–Crippen MR) is 82.7 cm³/mol. The zero-order valence-corrected chi connectivity index (χ0v) is 13.2. The Bertz CT molecular complexity index is 313. The third-order valence-electron chi connectivity index (χ3n) is 5.10. The van der Waals surface area contributed by atoms with E-state index in [-0.39, 0.29) is 11.3 Å². The Morgan fingerprint density at radius 2 is 2.10 bits per heavy atom. The molecule has 1 unspecified atom stereocenters. The molecule has 20 heavy (non-hydrogen) atoms. The van der Waals surface area contributed by atoms with Crippen LogP contribution in [-0.4, -0.2) is 49.6 Å². The zero-order valence-electron chi connectivity index (χ0n) is 13.2. The average Bonchev–Trinajstić information content (AvgIpc) is 2.46. The summed E-state index contributed by atoms with van der Waals surface area (Å²) in [7, 11) is 0. The molecule has 2 rings (SSSR count). The monoisotopic (exact) mass is 281 g/mol. The molecule has 0 bridgehead atoms. The van der Waals surface area contributed by atoms with Crippen LogP contribution in [0, 0.1) is 5.41 Å². The number of rotatable bonds is 5. The molecule has 0 radical (unpaired) electrons. The Balaban J connectivity index is 1.63. The lowest BCUT2D eigenvalue weighted by molar-refractivity contribution is -0.131. The van der Waals surface area contributed by atoms with Crippen LogP contribution >= 0.6 is 0 Å². The number of carbonyl (C=O) groups excluding carboxylic acids is 1. The van der Waals surface area contributed by atoms with E-state index >= 15 is 0 Å². The fourth-order valence-corrected chi connectivity index (χ4v) is 3.39. The van der Waals surface area contributed by atoms with Crippen molar-refractivity contribution in [3.8, 4) is 0 Å². The van der Waals surface area contributed by atoms with Crippen LogP contribution in [0.15, 0.2) is 0 Å². The molecule has 0 aromatic heterocycles. The highest BCUT2D eigenvalue weighted by Gasteiger charge is 2.34. The minimum atomic E-state index is -0.149. The molecule has 116 valence electrons. The summed E-state index contributed by atoms with van der Waals surface area (Å²) in [6.45, 7) is 9.55. The van der Waals surface area contributed by atoms with Gasteiger partial charge in [-0.1, -0.05) is 13.3 Å². The van der Waals surface area contributed by atoms with Gasteiger partial charge in [0.05, 0.1) is 0 Å². The molecule has 0 aromatic carbocycles. The summed E-state index contributed by atoms with van der Waals surface area (Å²) in [5, 5.41) is 6.48. The Morgan fingerprint density at radius 1 is 1.35 bits per heavy atom. The molecule has 2 aliphatic heterocycles. The van der Waals surface area contributed by atoms with E-state index in [1.165, 1.54) is 25.8 Å². The predicted octanol–water partition coefficient (Wildman–Crippen LogP) is 1.76. The van der Waals surface area contributed by atoms with Crippen LogP contribution in [-0.2, 0) is 4.79 Å². The van der Waals surface area contributed by atoms with Crippen molar-refractivity contribution in [3.05, 3.63) is 0 Å². The molecule has 2 fully saturated rings. The van der Waals surface area contributed by atoms with Gasteiger partial charge in [-0.25, -0.2) is 0 Å². The maximum atomic E-state index is 12.3. The maximum Gasteiger partial charge on any atom is 0.226 e. The molecule has 2 aliphatic rings. The zero-order chi connectivity index (χ0) is 14.4. The van der Waals surface area contributed by atoms with E-state index in [1.807, 2.05) is 0 Å². The number of nitrogens with zero attached hydrogens (tertiary/aromatic N) is 1. The first-order valence-corrected chi connectivity index (χ1v) is 8.35. The molecule has 0 saturated carbocycles. The third-order valence-corrected chi connectivity index (χ3v) is 5.10. The van der Waals surface area contributed by atoms with Gasteiger partial charge in [-0.3, -0.25) is 4.79 Å². The minimum Gasteiger partial charge on any atom is -0.356 e. The van der Waals surface area contributed by atoms with Crippen molar-refractivity contribution < 1.29 is 4.79 Å². The van der Waals surface area contributed by atoms with Crippen LogP contribution in [0.3, 0.4) is 0 Å². The van der Waals surface area contributed by atoms with E-state index in [2.05, 4.69) is 29.4 Å². The molecule has 0 spiro atoms. The Hall–Kier alpha value is -0.610. The molecule has 0 aliphatic carbocycles. The molecular formula is C16H31N3O. The van der Waals surface area contributed by atoms with E-state index < -0.39 is 0 Å². The molecule has 4 heteroatoms. The molecule has 2 saturated heterocycles. The van der Waals surface area contributed by atoms with Crippen molar-refractivity contribution >= 4 is 5.91 Å². The molecular weight excluding hydrogens is 250 g/mol. The molecule has 0 aromatic rings. The largest absolute Gasteiger partial charge is 0.356 e. The second kappa shape index (κ2) is 7.41. The number of hydrogen-bond donors (Lipinski definition) is 2. The van der Waals surface area contributed by atoms with Crippen molar-refractivity contribution in [1.29, 1.82) is 0 Å². The van der Waals surface area contributed by atoms with Gasteiger partial charge in [-0.15, -0.1) is 0 Å². The number of hydrogen-bond acceptors (Lipinski definition) is 3. The van der Waals surface area contributed by atoms with E-state index in [1.54, 1.807) is 0 Å². The Morgan fingerprint density at radius 3 is 2.80 bits per heavy atom. The highest BCUT2D eigenvalue weighted by atomic mass is 16.2. The van der Waals surface area contributed by atoms with Crippen LogP contribution in [0.5, 0.6) is 0 Å². The Kier molecular flexibility index (Phi) is 5.85. The third kappa shape index (κ3) is 4.19. The van der Waals surface area contributed by atoms with Crippen molar-refractivity contribution in [2.24, 2.45) is 5.41 Å². The van der Waals surface area contributed by atoms with E-state index in [4.69, 9.17) is 0 Å². The standard InChI is InChI=1S/C16H31N3O/c1-14-6-3-4-12-19(14)13-5-9-18-15(20)16(2)7-10-17-11-8-16/h14,17H,3-13H2,1-2H3,(H,18,20). The number of likely N-dealkylation sites (tertiary alicyclic amines) is 1. The molecule has 2 heterocycles. The van der Waals surface area contributed by atoms with E-state index in [9.17, 15) is 4.79 Å². The SMILES string of the molecule is CC1CCCCN1CCCNC(=O)C1(C)CCNCC1. The number of piperidine rings is 2. The molecule has 4 nitrogen and oxygen atoms in total.